The largest absolute Gasteiger partial charge is 0.391 e. The van der Waals surface area contributed by atoms with Crippen molar-refractivity contribution in [3.05, 3.63) is 41.0 Å². The van der Waals surface area contributed by atoms with Crippen LogP contribution in [-0.2, 0) is 14.4 Å². The van der Waals surface area contributed by atoms with Crippen LogP contribution in [0.25, 0.3) is 10.4 Å². The zero-order valence-corrected chi connectivity index (χ0v) is 23.0. The number of thiazole rings is 1. The number of β-amino-alcohol motifs (C(OH)–C–C–N with tert-alkyl or cyclic N) is 1. The van der Waals surface area contributed by atoms with Crippen LogP contribution in [0.2, 0.25) is 0 Å². The number of amides is 3. The Bertz CT molecular complexity index is 1090. The van der Waals surface area contributed by atoms with E-state index in [9.17, 15) is 19.5 Å². The molecule has 0 radical (unpaired) electrons. The van der Waals surface area contributed by atoms with Crippen LogP contribution in [0.15, 0.2) is 29.8 Å². The van der Waals surface area contributed by atoms with E-state index in [0.29, 0.717) is 0 Å². The predicted octanol–water partition coefficient (Wildman–Crippen LogP) is 3.44. The molecule has 2 aromatic rings. The fourth-order valence-corrected chi connectivity index (χ4v) is 5.14. The number of nitrogens with zero attached hydrogens (tertiary/aromatic N) is 2. The first kappa shape index (κ1) is 27.8. The van der Waals surface area contributed by atoms with E-state index in [0.717, 1.165) is 21.7 Å². The third kappa shape index (κ3) is 6.31. The van der Waals surface area contributed by atoms with Crippen LogP contribution < -0.4 is 10.6 Å². The molecule has 0 spiro atoms. The van der Waals surface area contributed by atoms with Gasteiger partial charge in [0.1, 0.15) is 12.1 Å². The van der Waals surface area contributed by atoms with E-state index in [-0.39, 0.29) is 42.6 Å². The van der Waals surface area contributed by atoms with Gasteiger partial charge in [0.05, 0.1) is 28.2 Å². The van der Waals surface area contributed by atoms with E-state index >= 15 is 0 Å². The molecule has 1 aliphatic rings. The molecule has 3 N–H and O–H groups in total. The first-order valence-corrected chi connectivity index (χ1v) is 13.3. The predicted molar refractivity (Wildman–Crippen MR) is 141 cm³/mol. The summed E-state index contributed by atoms with van der Waals surface area (Å²) in [6.45, 7) is 13.1. The number of aliphatic hydroxyl groups is 1. The minimum atomic E-state index is -0.812. The fourth-order valence-electron chi connectivity index (χ4n) is 4.32. The first-order valence-electron chi connectivity index (χ1n) is 12.4. The molecule has 8 nitrogen and oxygen atoms in total. The van der Waals surface area contributed by atoms with Gasteiger partial charge in [-0.1, -0.05) is 58.9 Å². The smallest absolute Gasteiger partial charge is 0.246 e. The lowest BCUT2D eigenvalue weighted by Crippen LogP contribution is -2.58. The van der Waals surface area contributed by atoms with Gasteiger partial charge >= 0.3 is 0 Å². The van der Waals surface area contributed by atoms with Crippen molar-refractivity contribution in [2.45, 2.75) is 79.1 Å². The zero-order chi connectivity index (χ0) is 26.8. The Kier molecular flexibility index (Phi) is 8.56. The van der Waals surface area contributed by atoms with Crippen molar-refractivity contribution in [1.82, 2.24) is 20.5 Å². The molecule has 1 aromatic heterocycles. The van der Waals surface area contributed by atoms with Crippen molar-refractivity contribution in [3.63, 3.8) is 0 Å². The van der Waals surface area contributed by atoms with Gasteiger partial charge in [-0.25, -0.2) is 4.98 Å². The van der Waals surface area contributed by atoms with E-state index in [2.05, 4.69) is 15.6 Å². The van der Waals surface area contributed by atoms with E-state index < -0.39 is 23.6 Å². The van der Waals surface area contributed by atoms with Crippen molar-refractivity contribution >= 4 is 29.1 Å². The SMILES string of the molecule is Cc1ncsc1-c1ccc([C@H](C)NC(=O)[C@@H]2C[C@@H](O)CN2C(=O)C(NC(=O)C(C)C)C(C)(C)C)cc1. The molecule has 1 saturated heterocycles. The van der Waals surface area contributed by atoms with Crippen molar-refractivity contribution < 1.29 is 19.5 Å². The lowest BCUT2D eigenvalue weighted by molar-refractivity contribution is -0.144. The number of hydrogen-bond donors (Lipinski definition) is 3. The Morgan fingerprint density at radius 3 is 2.28 bits per heavy atom. The van der Waals surface area contributed by atoms with Gasteiger partial charge in [-0.05, 0) is 30.4 Å². The van der Waals surface area contributed by atoms with Crippen LogP contribution in [0.5, 0.6) is 0 Å². The maximum atomic E-state index is 13.6. The third-order valence-corrected chi connectivity index (χ3v) is 7.54. The van der Waals surface area contributed by atoms with E-state index in [1.54, 1.807) is 25.2 Å². The highest BCUT2D eigenvalue weighted by Gasteiger charge is 2.44. The Morgan fingerprint density at radius 1 is 1.11 bits per heavy atom. The monoisotopic (exact) mass is 514 g/mol. The average Bonchev–Trinajstić information content (AvgIpc) is 3.41. The number of carbonyl (C=O) groups is 3. The zero-order valence-electron chi connectivity index (χ0n) is 22.2. The number of benzene rings is 1. The molecular weight excluding hydrogens is 476 g/mol. The van der Waals surface area contributed by atoms with Gasteiger partial charge in [0.2, 0.25) is 17.7 Å². The number of aliphatic hydroxyl groups excluding tert-OH is 1. The molecule has 3 rings (SSSR count). The Hall–Kier alpha value is -2.78. The van der Waals surface area contributed by atoms with Crippen LogP contribution in [0.3, 0.4) is 0 Å². The van der Waals surface area contributed by atoms with Crippen molar-refractivity contribution in [1.29, 1.82) is 0 Å². The quantitative estimate of drug-likeness (QED) is 0.524. The van der Waals surface area contributed by atoms with Crippen LogP contribution >= 0.6 is 11.3 Å². The van der Waals surface area contributed by atoms with E-state index in [1.807, 2.05) is 64.4 Å². The molecule has 1 unspecified atom stereocenters. The molecule has 1 fully saturated rings. The summed E-state index contributed by atoms with van der Waals surface area (Å²) in [6.07, 6.45) is -0.647. The standard InChI is InChI=1S/C27H38N4O4S/c1-15(2)24(33)30-23(27(5,6)7)26(35)31-13-20(32)12-21(31)25(34)29-16(3)18-8-10-19(11-9-18)22-17(4)28-14-36-22/h8-11,14-16,20-21,23,32H,12-13H2,1-7H3,(H,29,34)(H,30,33)/t16-,20+,21-,23?/m0/s1. The number of hydrogen-bond acceptors (Lipinski definition) is 6. The molecule has 9 heteroatoms. The molecular formula is C27H38N4O4S. The lowest BCUT2D eigenvalue weighted by Gasteiger charge is -2.36. The molecule has 4 atom stereocenters. The van der Waals surface area contributed by atoms with Crippen LogP contribution in [-0.4, -0.2) is 57.4 Å². The molecule has 1 aromatic carbocycles. The number of aryl methyl sites for hydroxylation is 1. The summed E-state index contributed by atoms with van der Waals surface area (Å²) in [4.78, 5) is 46.1. The van der Waals surface area contributed by atoms with Gasteiger partial charge in [-0.15, -0.1) is 11.3 Å². The van der Waals surface area contributed by atoms with Crippen LogP contribution in [0.4, 0.5) is 0 Å². The molecule has 0 saturated carbocycles. The molecule has 0 bridgehead atoms. The second-order valence-electron chi connectivity index (χ2n) is 11.0. The van der Waals surface area contributed by atoms with E-state index in [1.165, 1.54) is 4.90 Å². The van der Waals surface area contributed by atoms with E-state index in [4.69, 9.17) is 0 Å². The molecule has 3 amide bonds. The number of aromatic nitrogens is 1. The van der Waals surface area contributed by atoms with Gasteiger partial charge in [0.25, 0.3) is 0 Å². The summed E-state index contributed by atoms with van der Waals surface area (Å²) in [5.74, 6) is -1.18. The van der Waals surface area contributed by atoms with Crippen molar-refractivity contribution in [2.75, 3.05) is 6.54 Å². The first-order chi connectivity index (χ1) is 16.8. The summed E-state index contributed by atoms with van der Waals surface area (Å²) in [5, 5.41) is 16.2. The van der Waals surface area contributed by atoms with Crippen molar-refractivity contribution in [3.8, 4) is 10.4 Å². The third-order valence-electron chi connectivity index (χ3n) is 6.57. The minimum Gasteiger partial charge on any atom is -0.391 e. The van der Waals surface area contributed by atoms with Gasteiger partial charge in [-0.2, -0.15) is 0 Å². The highest BCUT2D eigenvalue weighted by atomic mass is 32.1. The number of carbonyl (C=O) groups excluding carboxylic acids is 3. The Morgan fingerprint density at radius 2 is 1.75 bits per heavy atom. The highest BCUT2D eigenvalue weighted by Crippen LogP contribution is 2.29. The second-order valence-corrected chi connectivity index (χ2v) is 11.8. The molecule has 2 heterocycles. The molecule has 0 aliphatic carbocycles. The number of likely N-dealkylation sites (tertiary alicyclic amines) is 1. The minimum absolute atomic E-state index is 0.0539. The fraction of sp³-hybridized carbons (Fsp3) is 0.556. The Labute approximate surface area is 217 Å². The van der Waals surface area contributed by atoms with Gasteiger partial charge in [0.15, 0.2) is 0 Å². The van der Waals surface area contributed by atoms with Gasteiger partial charge in [-0.3, -0.25) is 14.4 Å². The average molecular weight is 515 g/mol. The topological polar surface area (TPSA) is 112 Å². The number of rotatable bonds is 7. The maximum absolute atomic E-state index is 13.6. The van der Waals surface area contributed by atoms with Crippen molar-refractivity contribution in [2.24, 2.45) is 11.3 Å². The van der Waals surface area contributed by atoms with Crippen LogP contribution in [0.1, 0.15) is 65.3 Å². The second kappa shape index (κ2) is 11.1. The molecule has 196 valence electrons. The summed E-state index contributed by atoms with van der Waals surface area (Å²) in [7, 11) is 0. The maximum Gasteiger partial charge on any atom is 0.246 e. The number of nitrogens with one attached hydrogen (secondary N) is 2. The van der Waals surface area contributed by atoms with Gasteiger partial charge in [0, 0.05) is 18.9 Å². The highest BCUT2D eigenvalue weighted by molar-refractivity contribution is 7.13. The summed E-state index contributed by atoms with van der Waals surface area (Å²) >= 11 is 1.59. The summed E-state index contributed by atoms with van der Waals surface area (Å²) < 4.78 is 0. The molecule has 1 aliphatic heterocycles. The normalized spacial score (nSPS) is 19.8. The lowest BCUT2D eigenvalue weighted by atomic mass is 9.85. The summed E-state index contributed by atoms with van der Waals surface area (Å²) in [6, 6.07) is 6.06. The Balaban J connectivity index is 1.73. The van der Waals surface area contributed by atoms with Gasteiger partial charge < -0.3 is 20.6 Å². The molecule has 36 heavy (non-hydrogen) atoms. The summed E-state index contributed by atoms with van der Waals surface area (Å²) in [5.41, 5.74) is 4.24. The van der Waals surface area contributed by atoms with Crippen LogP contribution in [0, 0.1) is 18.3 Å².